The van der Waals surface area contributed by atoms with Crippen molar-refractivity contribution in [1.82, 2.24) is 4.98 Å². The van der Waals surface area contributed by atoms with Crippen LogP contribution in [0.2, 0.25) is 0 Å². The highest BCUT2D eigenvalue weighted by atomic mass is 79.9. The maximum absolute atomic E-state index is 11.8. The van der Waals surface area contributed by atoms with Crippen LogP contribution in [0.25, 0.3) is 0 Å². The van der Waals surface area contributed by atoms with E-state index in [1.165, 1.54) is 11.3 Å². The molecule has 0 spiro atoms. The van der Waals surface area contributed by atoms with Crippen LogP contribution in [-0.4, -0.2) is 23.5 Å². The number of halogens is 1. The number of aromatic nitrogens is 1. The van der Waals surface area contributed by atoms with E-state index in [4.69, 9.17) is 4.74 Å². The number of ether oxygens (including phenoxy) is 1. The number of hydrogen-bond donors (Lipinski definition) is 0. The normalized spacial score (nSPS) is 22.2. The molecule has 0 N–H and O–H groups in total. The zero-order valence-electron chi connectivity index (χ0n) is 7.53. The molecule has 1 saturated heterocycles. The minimum Gasteiger partial charge on any atom is -0.370 e. The first kappa shape index (κ1) is 10.3. The predicted molar refractivity (Wildman–Crippen MR) is 57.7 cm³/mol. The molecule has 76 valence electrons. The van der Waals surface area contributed by atoms with Gasteiger partial charge in [0.1, 0.15) is 10.7 Å². The molecule has 1 fully saturated rings. The van der Waals surface area contributed by atoms with Crippen LogP contribution in [-0.2, 0) is 4.74 Å². The number of Topliss-reactive ketones (excluding diaryl/α,β-unsaturated/α-hetero) is 1. The lowest BCUT2D eigenvalue weighted by Crippen LogP contribution is -2.28. The predicted octanol–water partition coefficient (Wildman–Crippen LogP) is 2.66. The lowest BCUT2D eigenvalue weighted by Gasteiger charge is -2.20. The number of rotatable bonds is 2. The standard InChI is InChI=1S/C9H10BrNO2S/c10-7-5-14-9(11-7)8(12)6-3-1-2-4-13-6/h5-6H,1-4H2. The van der Waals surface area contributed by atoms with E-state index in [9.17, 15) is 4.79 Å². The van der Waals surface area contributed by atoms with Gasteiger partial charge in [0.25, 0.3) is 0 Å². The van der Waals surface area contributed by atoms with Crippen molar-refractivity contribution in [2.45, 2.75) is 25.4 Å². The van der Waals surface area contributed by atoms with Gasteiger partial charge in [-0.1, -0.05) is 0 Å². The molecule has 1 aliphatic heterocycles. The summed E-state index contributed by atoms with van der Waals surface area (Å²) in [5.41, 5.74) is 0. The van der Waals surface area contributed by atoms with Gasteiger partial charge in [0.15, 0.2) is 5.01 Å². The average Bonchev–Trinajstić information content (AvgIpc) is 2.65. The SMILES string of the molecule is O=C(c1nc(Br)cs1)C1CCCCO1. The molecule has 2 heterocycles. The average molecular weight is 276 g/mol. The molecule has 1 aromatic rings. The maximum Gasteiger partial charge on any atom is 0.220 e. The first-order valence-corrected chi connectivity index (χ1v) is 6.21. The van der Waals surface area contributed by atoms with Crippen LogP contribution in [0.3, 0.4) is 0 Å². The molecule has 5 heteroatoms. The number of thiazole rings is 1. The molecule has 2 rings (SSSR count). The van der Waals surface area contributed by atoms with Gasteiger partial charge < -0.3 is 4.74 Å². The molecule has 14 heavy (non-hydrogen) atoms. The molecule has 1 unspecified atom stereocenters. The molecule has 0 radical (unpaired) electrons. The topological polar surface area (TPSA) is 39.2 Å². The Kier molecular flexibility index (Phi) is 3.30. The number of carbonyl (C=O) groups is 1. The molecular weight excluding hydrogens is 266 g/mol. The van der Waals surface area contributed by atoms with Crippen molar-refractivity contribution in [3.63, 3.8) is 0 Å². The zero-order chi connectivity index (χ0) is 9.97. The van der Waals surface area contributed by atoms with Gasteiger partial charge in [-0.25, -0.2) is 4.98 Å². The largest absolute Gasteiger partial charge is 0.370 e. The summed E-state index contributed by atoms with van der Waals surface area (Å²) in [7, 11) is 0. The highest BCUT2D eigenvalue weighted by molar-refractivity contribution is 9.10. The van der Waals surface area contributed by atoms with E-state index in [0.29, 0.717) is 11.6 Å². The second-order valence-corrected chi connectivity index (χ2v) is 4.87. The van der Waals surface area contributed by atoms with Crippen molar-refractivity contribution >= 4 is 33.0 Å². The summed E-state index contributed by atoms with van der Waals surface area (Å²) in [6.07, 6.45) is 2.70. The molecule has 0 aromatic carbocycles. The number of nitrogens with zero attached hydrogens (tertiary/aromatic N) is 1. The molecule has 0 amide bonds. The van der Waals surface area contributed by atoms with E-state index in [2.05, 4.69) is 20.9 Å². The summed E-state index contributed by atoms with van der Waals surface area (Å²) in [5.74, 6) is 0.0281. The van der Waals surface area contributed by atoms with Gasteiger partial charge in [-0.05, 0) is 35.2 Å². The Hall–Kier alpha value is -0.260. The molecule has 3 nitrogen and oxygen atoms in total. The van der Waals surface area contributed by atoms with Crippen molar-refractivity contribution in [3.8, 4) is 0 Å². The fourth-order valence-electron chi connectivity index (χ4n) is 1.45. The van der Waals surface area contributed by atoms with E-state index >= 15 is 0 Å². The van der Waals surface area contributed by atoms with E-state index in [-0.39, 0.29) is 11.9 Å². The minimum absolute atomic E-state index is 0.0281. The van der Waals surface area contributed by atoms with Crippen molar-refractivity contribution in [2.75, 3.05) is 6.61 Å². The number of ketones is 1. The van der Waals surface area contributed by atoms with Crippen LogP contribution < -0.4 is 0 Å². The Morgan fingerprint density at radius 2 is 2.50 bits per heavy atom. The highest BCUT2D eigenvalue weighted by Gasteiger charge is 2.25. The first-order valence-electron chi connectivity index (χ1n) is 4.54. The van der Waals surface area contributed by atoms with Gasteiger partial charge in [0.05, 0.1) is 0 Å². The Morgan fingerprint density at radius 1 is 1.64 bits per heavy atom. The van der Waals surface area contributed by atoms with Crippen molar-refractivity contribution in [3.05, 3.63) is 15.0 Å². The highest BCUT2D eigenvalue weighted by Crippen LogP contribution is 2.21. The summed E-state index contributed by atoms with van der Waals surface area (Å²) < 4.78 is 6.13. The Balaban J connectivity index is 2.07. The minimum atomic E-state index is -0.262. The summed E-state index contributed by atoms with van der Waals surface area (Å²) in [6, 6.07) is 0. The quantitative estimate of drug-likeness (QED) is 0.779. The van der Waals surface area contributed by atoms with Crippen LogP contribution in [0, 0.1) is 0 Å². The first-order chi connectivity index (χ1) is 6.77. The molecule has 0 saturated carbocycles. The van der Waals surface area contributed by atoms with Crippen molar-refractivity contribution < 1.29 is 9.53 Å². The monoisotopic (exact) mass is 275 g/mol. The van der Waals surface area contributed by atoms with E-state index in [1.54, 1.807) is 0 Å². The van der Waals surface area contributed by atoms with Crippen LogP contribution in [0.15, 0.2) is 9.98 Å². The maximum atomic E-state index is 11.8. The van der Waals surface area contributed by atoms with Gasteiger partial charge in [-0.2, -0.15) is 0 Å². The van der Waals surface area contributed by atoms with Gasteiger partial charge in [-0.15, -0.1) is 11.3 Å². The molecule has 0 bridgehead atoms. The van der Waals surface area contributed by atoms with E-state index in [0.717, 1.165) is 23.9 Å². The lowest BCUT2D eigenvalue weighted by atomic mass is 10.1. The van der Waals surface area contributed by atoms with E-state index < -0.39 is 0 Å². The Morgan fingerprint density at radius 3 is 3.07 bits per heavy atom. The number of hydrogen-bond acceptors (Lipinski definition) is 4. The van der Waals surface area contributed by atoms with E-state index in [1.807, 2.05) is 5.38 Å². The fraction of sp³-hybridized carbons (Fsp3) is 0.556. The third-order valence-corrected chi connectivity index (χ3v) is 3.73. The zero-order valence-corrected chi connectivity index (χ0v) is 9.94. The van der Waals surface area contributed by atoms with Crippen LogP contribution in [0.4, 0.5) is 0 Å². The molecule has 1 atom stereocenters. The molecule has 1 aromatic heterocycles. The smallest absolute Gasteiger partial charge is 0.220 e. The van der Waals surface area contributed by atoms with Crippen molar-refractivity contribution in [2.24, 2.45) is 0 Å². The number of carbonyl (C=O) groups excluding carboxylic acids is 1. The Labute approximate surface area is 94.6 Å². The van der Waals surface area contributed by atoms with Gasteiger partial charge in [-0.3, -0.25) is 4.79 Å². The second kappa shape index (κ2) is 4.51. The third-order valence-electron chi connectivity index (χ3n) is 2.16. The van der Waals surface area contributed by atoms with Crippen LogP contribution >= 0.6 is 27.3 Å². The fourth-order valence-corrected chi connectivity index (χ4v) is 2.69. The lowest BCUT2D eigenvalue weighted by molar-refractivity contribution is 0.0186. The summed E-state index contributed by atoms with van der Waals surface area (Å²) in [5, 5.41) is 2.36. The van der Waals surface area contributed by atoms with Gasteiger partial charge in [0, 0.05) is 12.0 Å². The molecule has 1 aliphatic rings. The molecule has 0 aliphatic carbocycles. The third kappa shape index (κ3) is 2.21. The van der Waals surface area contributed by atoms with Gasteiger partial charge in [0.2, 0.25) is 5.78 Å². The Bertz CT molecular complexity index is 333. The summed E-state index contributed by atoms with van der Waals surface area (Å²) in [6.45, 7) is 0.697. The van der Waals surface area contributed by atoms with Crippen molar-refractivity contribution in [1.29, 1.82) is 0 Å². The van der Waals surface area contributed by atoms with Crippen LogP contribution in [0.5, 0.6) is 0 Å². The second-order valence-electron chi connectivity index (χ2n) is 3.19. The molecular formula is C9H10BrNO2S. The van der Waals surface area contributed by atoms with Crippen LogP contribution in [0.1, 0.15) is 29.1 Å². The van der Waals surface area contributed by atoms with Gasteiger partial charge >= 0.3 is 0 Å². The summed E-state index contributed by atoms with van der Waals surface area (Å²) in [4.78, 5) is 15.9. The summed E-state index contributed by atoms with van der Waals surface area (Å²) >= 11 is 4.59.